The Labute approximate surface area is 181 Å². The van der Waals surface area contributed by atoms with E-state index in [1.54, 1.807) is 20.0 Å². The van der Waals surface area contributed by atoms with E-state index in [4.69, 9.17) is 9.47 Å². The lowest BCUT2D eigenvalue weighted by molar-refractivity contribution is -0.111. The Morgan fingerprint density at radius 1 is 1.03 bits per heavy atom. The zero-order valence-electron chi connectivity index (χ0n) is 17.8. The molecule has 0 radical (unpaired) electrons. The first-order chi connectivity index (χ1) is 15.0. The van der Waals surface area contributed by atoms with E-state index >= 15 is 0 Å². The molecule has 160 valence electrons. The SMILES string of the molecule is CCOC(=O)c1cnn(C)c1NC(=O)/C(=C/c1ccc(OCC)cc1)c1ccccc1. The van der Waals surface area contributed by atoms with Crippen LogP contribution in [0.15, 0.2) is 60.8 Å². The highest BCUT2D eigenvalue weighted by atomic mass is 16.5. The van der Waals surface area contributed by atoms with Gasteiger partial charge in [-0.3, -0.25) is 9.48 Å². The summed E-state index contributed by atoms with van der Waals surface area (Å²) in [5, 5.41) is 6.90. The molecule has 7 heteroatoms. The Balaban J connectivity index is 1.95. The second-order valence-corrected chi connectivity index (χ2v) is 6.63. The molecule has 0 aliphatic rings. The molecule has 1 aromatic heterocycles. The zero-order chi connectivity index (χ0) is 22.2. The first kappa shape index (κ1) is 21.8. The van der Waals surface area contributed by atoms with Crippen LogP contribution < -0.4 is 10.1 Å². The second kappa shape index (κ2) is 10.2. The van der Waals surface area contributed by atoms with Crippen LogP contribution in [0.3, 0.4) is 0 Å². The molecule has 0 saturated heterocycles. The number of carbonyl (C=O) groups excluding carboxylic acids is 2. The summed E-state index contributed by atoms with van der Waals surface area (Å²) in [5.74, 6) is 0.133. The van der Waals surface area contributed by atoms with Gasteiger partial charge < -0.3 is 14.8 Å². The Morgan fingerprint density at radius 2 is 1.74 bits per heavy atom. The molecule has 0 fully saturated rings. The largest absolute Gasteiger partial charge is 0.494 e. The van der Waals surface area contributed by atoms with Crippen molar-refractivity contribution in [2.75, 3.05) is 18.5 Å². The predicted molar refractivity (Wildman–Crippen MR) is 120 cm³/mol. The maximum atomic E-state index is 13.3. The molecule has 7 nitrogen and oxygen atoms in total. The third kappa shape index (κ3) is 5.39. The number of anilines is 1. The molecule has 1 amide bonds. The minimum absolute atomic E-state index is 0.200. The number of esters is 1. The highest BCUT2D eigenvalue weighted by molar-refractivity contribution is 6.29. The second-order valence-electron chi connectivity index (χ2n) is 6.63. The normalized spacial score (nSPS) is 11.1. The van der Waals surface area contributed by atoms with Gasteiger partial charge in [0.15, 0.2) is 0 Å². The molecule has 1 heterocycles. The van der Waals surface area contributed by atoms with Crippen molar-refractivity contribution in [1.29, 1.82) is 0 Å². The van der Waals surface area contributed by atoms with Gasteiger partial charge in [0.05, 0.1) is 19.4 Å². The van der Waals surface area contributed by atoms with E-state index in [0.717, 1.165) is 16.9 Å². The molecule has 0 aliphatic carbocycles. The molecule has 1 N–H and O–H groups in total. The van der Waals surface area contributed by atoms with Crippen LogP contribution in [-0.4, -0.2) is 34.9 Å². The average molecular weight is 419 g/mol. The van der Waals surface area contributed by atoms with Crippen molar-refractivity contribution in [2.45, 2.75) is 13.8 Å². The number of benzene rings is 2. The summed E-state index contributed by atoms with van der Waals surface area (Å²) in [4.78, 5) is 25.5. The number of amides is 1. The Hall–Kier alpha value is -3.87. The number of ether oxygens (including phenoxy) is 2. The summed E-state index contributed by atoms with van der Waals surface area (Å²) in [7, 11) is 1.65. The number of rotatable bonds is 8. The summed E-state index contributed by atoms with van der Waals surface area (Å²) in [6.45, 7) is 4.46. The van der Waals surface area contributed by atoms with E-state index in [9.17, 15) is 9.59 Å². The lowest BCUT2D eigenvalue weighted by atomic mass is 10.0. The minimum Gasteiger partial charge on any atom is -0.494 e. The minimum atomic E-state index is -0.539. The van der Waals surface area contributed by atoms with E-state index in [1.807, 2.05) is 61.5 Å². The van der Waals surface area contributed by atoms with Crippen LogP contribution >= 0.6 is 0 Å². The van der Waals surface area contributed by atoms with E-state index in [1.165, 1.54) is 10.9 Å². The molecular formula is C24H25N3O4. The fourth-order valence-corrected chi connectivity index (χ4v) is 3.01. The third-order valence-corrected chi connectivity index (χ3v) is 4.50. The number of hydrogen-bond acceptors (Lipinski definition) is 5. The zero-order valence-corrected chi connectivity index (χ0v) is 17.8. The van der Waals surface area contributed by atoms with Gasteiger partial charge in [-0.05, 0) is 43.2 Å². The van der Waals surface area contributed by atoms with Gasteiger partial charge in [-0.1, -0.05) is 42.5 Å². The van der Waals surface area contributed by atoms with Crippen molar-refractivity contribution in [1.82, 2.24) is 9.78 Å². The molecule has 0 bridgehead atoms. The van der Waals surface area contributed by atoms with Gasteiger partial charge in [0, 0.05) is 12.6 Å². The van der Waals surface area contributed by atoms with Crippen LogP contribution in [0.1, 0.15) is 35.3 Å². The molecule has 2 aromatic carbocycles. The molecule has 3 aromatic rings. The quantitative estimate of drug-likeness (QED) is 0.337. The molecule has 0 saturated carbocycles. The van der Waals surface area contributed by atoms with Crippen LogP contribution in [-0.2, 0) is 16.6 Å². The van der Waals surface area contributed by atoms with Crippen LogP contribution in [0.4, 0.5) is 5.82 Å². The molecule has 0 atom stereocenters. The first-order valence-corrected chi connectivity index (χ1v) is 10.0. The van der Waals surface area contributed by atoms with Crippen LogP contribution in [0.25, 0.3) is 11.6 Å². The number of nitrogens with zero attached hydrogens (tertiary/aromatic N) is 2. The maximum absolute atomic E-state index is 13.3. The fourth-order valence-electron chi connectivity index (χ4n) is 3.01. The predicted octanol–water partition coefficient (Wildman–Crippen LogP) is 4.17. The Kier molecular flexibility index (Phi) is 7.22. The molecule has 0 aliphatic heterocycles. The lowest BCUT2D eigenvalue weighted by Crippen LogP contribution is -2.18. The van der Waals surface area contributed by atoms with Gasteiger partial charge in [0.1, 0.15) is 17.1 Å². The average Bonchev–Trinajstić information content (AvgIpc) is 3.14. The van der Waals surface area contributed by atoms with Crippen LogP contribution in [0.2, 0.25) is 0 Å². The topological polar surface area (TPSA) is 82.5 Å². The Bertz CT molecular complexity index is 1070. The summed E-state index contributed by atoms with van der Waals surface area (Å²) in [6.07, 6.45) is 3.17. The van der Waals surface area contributed by atoms with Crippen LogP contribution in [0, 0.1) is 0 Å². The highest BCUT2D eigenvalue weighted by Crippen LogP contribution is 2.23. The van der Waals surface area contributed by atoms with Gasteiger partial charge in [-0.25, -0.2) is 4.79 Å². The van der Waals surface area contributed by atoms with E-state index in [0.29, 0.717) is 12.2 Å². The van der Waals surface area contributed by atoms with Gasteiger partial charge in [0.25, 0.3) is 5.91 Å². The number of aromatic nitrogens is 2. The number of carbonyl (C=O) groups is 2. The van der Waals surface area contributed by atoms with Crippen molar-refractivity contribution >= 4 is 29.3 Å². The monoisotopic (exact) mass is 419 g/mol. The van der Waals surface area contributed by atoms with Crippen molar-refractivity contribution < 1.29 is 19.1 Å². The summed E-state index contributed by atoms with van der Waals surface area (Å²) in [6, 6.07) is 16.8. The molecule has 31 heavy (non-hydrogen) atoms. The van der Waals surface area contributed by atoms with Gasteiger partial charge in [0.2, 0.25) is 0 Å². The van der Waals surface area contributed by atoms with Gasteiger partial charge in [-0.15, -0.1) is 0 Å². The standard InChI is InChI=1S/C24H25N3O4/c1-4-30-19-13-11-17(12-14-19)15-20(18-9-7-6-8-10-18)23(28)26-22-21(16-25-27(22)3)24(29)31-5-2/h6-16H,4-5H2,1-3H3,(H,26,28)/b20-15+. The molecule has 0 spiro atoms. The summed E-state index contributed by atoms with van der Waals surface area (Å²) in [5.41, 5.74) is 2.23. The Morgan fingerprint density at radius 3 is 2.39 bits per heavy atom. The number of hydrogen-bond donors (Lipinski definition) is 1. The van der Waals surface area contributed by atoms with Crippen molar-refractivity contribution in [3.05, 3.63) is 77.5 Å². The summed E-state index contributed by atoms with van der Waals surface area (Å²) < 4.78 is 12.0. The molecule has 0 unspecified atom stereocenters. The van der Waals surface area contributed by atoms with Crippen LogP contribution in [0.5, 0.6) is 5.75 Å². The lowest BCUT2D eigenvalue weighted by Gasteiger charge is -2.12. The van der Waals surface area contributed by atoms with Gasteiger partial charge in [-0.2, -0.15) is 5.10 Å². The third-order valence-electron chi connectivity index (χ3n) is 4.50. The maximum Gasteiger partial charge on any atom is 0.343 e. The van der Waals surface area contributed by atoms with Crippen molar-refractivity contribution in [3.8, 4) is 5.75 Å². The van der Waals surface area contributed by atoms with E-state index in [-0.39, 0.29) is 23.9 Å². The summed E-state index contributed by atoms with van der Waals surface area (Å²) >= 11 is 0. The number of nitrogens with one attached hydrogen (secondary N) is 1. The smallest absolute Gasteiger partial charge is 0.343 e. The van der Waals surface area contributed by atoms with Crippen molar-refractivity contribution in [2.24, 2.45) is 7.05 Å². The number of aryl methyl sites for hydroxylation is 1. The van der Waals surface area contributed by atoms with Crippen molar-refractivity contribution in [3.63, 3.8) is 0 Å². The van der Waals surface area contributed by atoms with E-state index in [2.05, 4.69) is 10.4 Å². The first-order valence-electron chi connectivity index (χ1n) is 10.0. The van der Waals surface area contributed by atoms with Gasteiger partial charge >= 0.3 is 5.97 Å². The molecule has 3 rings (SSSR count). The van der Waals surface area contributed by atoms with E-state index < -0.39 is 5.97 Å². The highest BCUT2D eigenvalue weighted by Gasteiger charge is 2.21. The molecular weight excluding hydrogens is 394 g/mol. The fraction of sp³-hybridized carbons (Fsp3) is 0.208.